The van der Waals surface area contributed by atoms with E-state index in [0.29, 0.717) is 18.2 Å². The second kappa shape index (κ2) is 6.33. The Morgan fingerprint density at radius 3 is 2.70 bits per heavy atom. The fourth-order valence-electron chi connectivity index (χ4n) is 2.48. The number of anilines is 1. The molecule has 124 valence electrons. The quantitative estimate of drug-likeness (QED) is 0.846. The van der Waals surface area contributed by atoms with Crippen LogP contribution in [0.4, 0.5) is 5.69 Å². The maximum absolute atomic E-state index is 12.3. The van der Waals surface area contributed by atoms with Crippen molar-refractivity contribution in [3.63, 3.8) is 0 Å². The van der Waals surface area contributed by atoms with Gasteiger partial charge in [-0.05, 0) is 31.2 Å². The largest absolute Gasteiger partial charge is 0.301 e. The van der Waals surface area contributed by atoms with Crippen LogP contribution in [0, 0.1) is 5.92 Å². The van der Waals surface area contributed by atoms with Gasteiger partial charge in [-0.15, -0.1) is 0 Å². The molecule has 7 heteroatoms. The first kappa shape index (κ1) is 16.0. The summed E-state index contributed by atoms with van der Waals surface area (Å²) in [6, 6.07) is 10.0. The van der Waals surface area contributed by atoms with Gasteiger partial charge in [0.2, 0.25) is 0 Å². The zero-order chi connectivity index (χ0) is 16.4. The first-order valence-electron chi connectivity index (χ1n) is 7.79. The van der Waals surface area contributed by atoms with E-state index in [1.54, 1.807) is 24.1 Å². The van der Waals surface area contributed by atoms with Gasteiger partial charge in [-0.1, -0.05) is 30.3 Å². The van der Waals surface area contributed by atoms with Crippen molar-refractivity contribution in [2.45, 2.75) is 25.8 Å². The smallest absolute Gasteiger partial charge is 0.268 e. The van der Waals surface area contributed by atoms with Gasteiger partial charge >= 0.3 is 10.2 Å². The fraction of sp³-hybridized carbons (Fsp3) is 0.438. The second-order valence-corrected chi connectivity index (χ2v) is 7.90. The summed E-state index contributed by atoms with van der Waals surface area (Å²) in [5, 5.41) is 4.28. The molecule has 0 aliphatic heterocycles. The highest BCUT2D eigenvalue weighted by molar-refractivity contribution is 7.90. The molecule has 6 nitrogen and oxygen atoms in total. The van der Waals surface area contributed by atoms with E-state index in [1.807, 2.05) is 37.3 Å². The first-order chi connectivity index (χ1) is 11.0. The van der Waals surface area contributed by atoms with Crippen molar-refractivity contribution in [2.75, 3.05) is 18.3 Å². The van der Waals surface area contributed by atoms with E-state index in [-0.39, 0.29) is 6.04 Å². The summed E-state index contributed by atoms with van der Waals surface area (Å²) in [7, 11) is -1.91. The van der Waals surface area contributed by atoms with Crippen molar-refractivity contribution in [1.82, 2.24) is 14.1 Å². The Kier molecular flexibility index (Phi) is 4.41. The Labute approximate surface area is 137 Å². The van der Waals surface area contributed by atoms with Gasteiger partial charge in [0, 0.05) is 19.8 Å². The standard InChI is InChI=1S/C16H22N4O2S/c1-13(15-6-4-3-5-7-15)20-12-16(10-17-20)18-23(21,22)19(2)11-14-8-9-14/h3-7,10,12-14,18H,8-9,11H2,1-2H3. The van der Waals surface area contributed by atoms with E-state index < -0.39 is 10.2 Å². The Balaban J connectivity index is 1.69. The van der Waals surface area contributed by atoms with E-state index >= 15 is 0 Å². The van der Waals surface area contributed by atoms with Crippen molar-refractivity contribution in [2.24, 2.45) is 5.92 Å². The summed E-state index contributed by atoms with van der Waals surface area (Å²) >= 11 is 0. The predicted molar refractivity (Wildman–Crippen MR) is 90.4 cm³/mol. The van der Waals surface area contributed by atoms with Crippen LogP contribution >= 0.6 is 0 Å². The molecule has 1 N–H and O–H groups in total. The van der Waals surface area contributed by atoms with Crippen molar-refractivity contribution in [3.8, 4) is 0 Å². The molecule has 1 fully saturated rings. The molecule has 1 heterocycles. The summed E-state index contributed by atoms with van der Waals surface area (Å²) < 4.78 is 30.3. The Bertz CT molecular complexity index is 753. The second-order valence-electron chi connectivity index (χ2n) is 6.13. The van der Waals surface area contributed by atoms with Crippen molar-refractivity contribution < 1.29 is 8.42 Å². The van der Waals surface area contributed by atoms with Crippen LogP contribution in [0.5, 0.6) is 0 Å². The molecule has 1 saturated carbocycles. The van der Waals surface area contributed by atoms with Crippen LogP contribution in [0.2, 0.25) is 0 Å². The fourth-order valence-corrected chi connectivity index (χ4v) is 3.44. The maximum Gasteiger partial charge on any atom is 0.301 e. The highest BCUT2D eigenvalue weighted by atomic mass is 32.2. The normalized spacial score (nSPS) is 16.5. The average molecular weight is 334 g/mol. The van der Waals surface area contributed by atoms with Gasteiger partial charge in [0.25, 0.3) is 0 Å². The molecule has 0 amide bonds. The first-order valence-corrected chi connectivity index (χ1v) is 9.23. The highest BCUT2D eigenvalue weighted by Gasteiger charge is 2.28. The number of hydrogen-bond acceptors (Lipinski definition) is 3. The van der Waals surface area contributed by atoms with Gasteiger partial charge in [0.05, 0.1) is 17.9 Å². The molecular weight excluding hydrogens is 312 g/mol. The predicted octanol–water partition coefficient (Wildman–Crippen LogP) is 2.49. The molecule has 0 bridgehead atoms. The number of nitrogens with one attached hydrogen (secondary N) is 1. The average Bonchev–Trinajstić information content (AvgIpc) is 3.23. The number of aromatic nitrogens is 2. The van der Waals surface area contributed by atoms with Crippen molar-refractivity contribution in [3.05, 3.63) is 48.3 Å². The maximum atomic E-state index is 12.3. The molecule has 1 aliphatic rings. The molecule has 2 aromatic rings. The molecule has 0 spiro atoms. The lowest BCUT2D eigenvalue weighted by atomic mass is 10.1. The van der Waals surface area contributed by atoms with Crippen LogP contribution in [0.3, 0.4) is 0 Å². The van der Waals surface area contributed by atoms with Crippen LogP contribution < -0.4 is 4.72 Å². The van der Waals surface area contributed by atoms with E-state index in [0.717, 1.165) is 18.4 Å². The van der Waals surface area contributed by atoms with Gasteiger partial charge < -0.3 is 0 Å². The summed E-state index contributed by atoms with van der Waals surface area (Å²) in [4.78, 5) is 0. The Morgan fingerprint density at radius 1 is 1.35 bits per heavy atom. The summed E-state index contributed by atoms with van der Waals surface area (Å²) in [5.41, 5.74) is 1.60. The Morgan fingerprint density at radius 2 is 2.04 bits per heavy atom. The van der Waals surface area contributed by atoms with Gasteiger partial charge in [-0.2, -0.15) is 17.8 Å². The lowest BCUT2D eigenvalue weighted by Gasteiger charge is -2.17. The van der Waals surface area contributed by atoms with Crippen LogP contribution in [0.15, 0.2) is 42.7 Å². The van der Waals surface area contributed by atoms with Gasteiger partial charge in [-0.25, -0.2) is 0 Å². The topological polar surface area (TPSA) is 67.2 Å². The zero-order valence-corrected chi connectivity index (χ0v) is 14.2. The zero-order valence-electron chi connectivity index (χ0n) is 13.4. The minimum absolute atomic E-state index is 0.0404. The third-order valence-electron chi connectivity index (χ3n) is 4.15. The van der Waals surface area contributed by atoms with Crippen LogP contribution in [0.1, 0.15) is 31.4 Å². The third-order valence-corrected chi connectivity index (χ3v) is 5.61. The molecule has 23 heavy (non-hydrogen) atoms. The van der Waals surface area contributed by atoms with Crippen LogP contribution in [-0.4, -0.2) is 36.1 Å². The highest BCUT2D eigenvalue weighted by Crippen LogP contribution is 2.30. The van der Waals surface area contributed by atoms with E-state index in [1.165, 1.54) is 4.31 Å². The van der Waals surface area contributed by atoms with Crippen LogP contribution in [0.25, 0.3) is 0 Å². The SMILES string of the molecule is CC(c1ccccc1)n1cc(NS(=O)(=O)N(C)CC2CC2)cn1. The van der Waals surface area contributed by atoms with Gasteiger partial charge in [0.15, 0.2) is 0 Å². The monoisotopic (exact) mass is 334 g/mol. The van der Waals surface area contributed by atoms with E-state index in [4.69, 9.17) is 0 Å². The number of rotatable bonds is 7. The number of benzene rings is 1. The van der Waals surface area contributed by atoms with Crippen molar-refractivity contribution >= 4 is 15.9 Å². The minimum Gasteiger partial charge on any atom is -0.268 e. The molecule has 3 rings (SSSR count). The van der Waals surface area contributed by atoms with Gasteiger partial charge in [0.1, 0.15) is 0 Å². The molecule has 1 aliphatic carbocycles. The molecular formula is C16H22N4O2S. The van der Waals surface area contributed by atoms with Crippen molar-refractivity contribution in [1.29, 1.82) is 0 Å². The molecule has 0 saturated heterocycles. The molecule has 1 atom stereocenters. The Hall–Kier alpha value is -1.86. The van der Waals surface area contributed by atoms with E-state index in [9.17, 15) is 8.42 Å². The van der Waals surface area contributed by atoms with Gasteiger partial charge in [-0.3, -0.25) is 9.40 Å². The number of nitrogens with zero attached hydrogens (tertiary/aromatic N) is 3. The molecule has 1 aromatic heterocycles. The number of hydrogen-bond donors (Lipinski definition) is 1. The third kappa shape index (κ3) is 3.92. The molecule has 0 radical (unpaired) electrons. The summed E-state index contributed by atoms with van der Waals surface area (Å²) in [5.74, 6) is 0.511. The van der Waals surface area contributed by atoms with E-state index in [2.05, 4.69) is 9.82 Å². The summed E-state index contributed by atoms with van der Waals surface area (Å²) in [6.45, 7) is 2.60. The minimum atomic E-state index is -3.52. The van der Waals surface area contributed by atoms with Crippen LogP contribution in [-0.2, 0) is 10.2 Å². The lowest BCUT2D eigenvalue weighted by Crippen LogP contribution is -2.33. The molecule has 1 aromatic carbocycles. The lowest BCUT2D eigenvalue weighted by molar-refractivity contribution is 0.457. The molecule has 1 unspecified atom stereocenters. The summed E-state index contributed by atoms with van der Waals surface area (Å²) in [6.07, 6.45) is 5.50.